The summed E-state index contributed by atoms with van der Waals surface area (Å²) in [6, 6.07) is 3.96. The van der Waals surface area contributed by atoms with Crippen molar-refractivity contribution < 1.29 is 24.3 Å². The minimum Gasteiger partial charge on any atom is -0.480 e. The maximum atomic E-state index is 12.7. The van der Waals surface area contributed by atoms with Gasteiger partial charge in [0.15, 0.2) is 0 Å². The molecule has 0 aliphatic rings. The van der Waals surface area contributed by atoms with Gasteiger partial charge >= 0.3 is 5.97 Å². The van der Waals surface area contributed by atoms with Crippen molar-refractivity contribution in [2.24, 2.45) is 11.5 Å². The highest BCUT2D eigenvalue weighted by Crippen LogP contribution is 2.19. The zero-order valence-electron chi connectivity index (χ0n) is 15.3. The minimum atomic E-state index is -1.50. The number of carboxylic acids is 1. The van der Waals surface area contributed by atoms with Gasteiger partial charge < -0.3 is 32.2 Å². The molecule has 1 heterocycles. The summed E-state index contributed by atoms with van der Waals surface area (Å²) < 4.78 is 0. The average Bonchev–Trinajstić information content (AvgIpc) is 3.03. The van der Waals surface area contributed by atoms with Crippen LogP contribution in [0.3, 0.4) is 0 Å². The second-order valence-corrected chi connectivity index (χ2v) is 6.48. The maximum Gasteiger partial charge on any atom is 0.326 e. The number of fused-ring (bicyclic) bond motifs is 1. The van der Waals surface area contributed by atoms with Crippen LogP contribution in [0.4, 0.5) is 0 Å². The van der Waals surface area contributed by atoms with Gasteiger partial charge in [-0.05, 0) is 18.6 Å². The molecule has 2 aromatic rings. The molecule has 3 atom stereocenters. The monoisotopic (exact) mass is 389 g/mol. The van der Waals surface area contributed by atoms with Gasteiger partial charge in [-0.1, -0.05) is 18.2 Å². The van der Waals surface area contributed by atoms with Gasteiger partial charge in [-0.15, -0.1) is 0 Å². The fraction of sp³-hybridized carbons (Fsp3) is 0.333. The molecule has 1 aromatic heterocycles. The maximum absolute atomic E-state index is 12.7. The van der Waals surface area contributed by atoms with E-state index in [9.17, 15) is 24.3 Å². The van der Waals surface area contributed by atoms with E-state index < -0.39 is 48.2 Å². The number of H-pyrrole nitrogens is 1. The van der Waals surface area contributed by atoms with E-state index in [0.717, 1.165) is 16.5 Å². The largest absolute Gasteiger partial charge is 0.480 e. The molecule has 0 aliphatic carbocycles. The van der Waals surface area contributed by atoms with Crippen molar-refractivity contribution in [3.05, 3.63) is 36.0 Å². The van der Waals surface area contributed by atoms with Crippen LogP contribution in [0.2, 0.25) is 0 Å². The summed E-state index contributed by atoms with van der Waals surface area (Å²) in [6.45, 7) is 1.46. The standard InChI is InChI=1S/C18H23N5O5/c1-9(19)16(25)22-13(17(26)23-14(18(27)28)7-15(20)24)6-10-8-21-12-5-3-2-4-11(10)12/h2-5,8-9,13-14,21H,6-7,19H2,1H3,(H2,20,24)(H,22,25)(H,23,26)(H,27,28)/t9-,13-,14-/m0/s1. The van der Waals surface area contributed by atoms with E-state index in [2.05, 4.69) is 15.6 Å². The molecule has 10 heteroatoms. The highest BCUT2D eigenvalue weighted by atomic mass is 16.4. The molecule has 1 aromatic carbocycles. The minimum absolute atomic E-state index is 0.0945. The first kappa shape index (κ1) is 20.9. The Morgan fingerprint density at radius 1 is 1.11 bits per heavy atom. The Hall–Kier alpha value is -3.40. The lowest BCUT2D eigenvalue weighted by Crippen LogP contribution is -2.55. The Kier molecular flexibility index (Phi) is 6.72. The molecule has 0 unspecified atom stereocenters. The molecule has 10 nitrogen and oxygen atoms in total. The second kappa shape index (κ2) is 9.00. The lowest BCUT2D eigenvalue weighted by Gasteiger charge is -2.21. The number of carboxylic acid groups (broad SMARTS) is 1. The summed E-state index contributed by atoms with van der Waals surface area (Å²) in [5.41, 5.74) is 12.2. The van der Waals surface area contributed by atoms with Crippen LogP contribution in [0.15, 0.2) is 30.5 Å². The number of aromatic amines is 1. The average molecular weight is 389 g/mol. The third kappa shape index (κ3) is 5.30. The number of carbonyl (C=O) groups excluding carboxylic acids is 3. The number of rotatable bonds is 9. The third-order valence-electron chi connectivity index (χ3n) is 4.17. The molecular formula is C18H23N5O5. The Balaban J connectivity index is 2.25. The van der Waals surface area contributed by atoms with E-state index in [1.54, 1.807) is 6.20 Å². The van der Waals surface area contributed by atoms with Crippen molar-refractivity contribution in [3.63, 3.8) is 0 Å². The SMILES string of the molecule is C[C@H](N)C(=O)N[C@@H](Cc1c[nH]c2ccccc12)C(=O)N[C@@H](CC(N)=O)C(=O)O. The molecule has 0 radical (unpaired) electrons. The molecule has 0 saturated carbocycles. The number of benzene rings is 1. The van der Waals surface area contributed by atoms with Crippen molar-refractivity contribution in [3.8, 4) is 0 Å². The van der Waals surface area contributed by atoms with Crippen LogP contribution in [0.1, 0.15) is 18.9 Å². The summed E-state index contributed by atoms with van der Waals surface area (Å²) in [7, 11) is 0. The fourth-order valence-corrected chi connectivity index (χ4v) is 2.71. The van der Waals surface area contributed by atoms with E-state index in [0.29, 0.717) is 0 Å². The Bertz CT molecular complexity index is 891. The van der Waals surface area contributed by atoms with Gasteiger partial charge in [0.2, 0.25) is 17.7 Å². The number of aromatic nitrogens is 1. The number of primary amides is 1. The van der Waals surface area contributed by atoms with E-state index in [1.807, 2.05) is 24.3 Å². The molecule has 8 N–H and O–H groups in total. The Morgan fingerprint density at radius 3 is 2.36 bits per heavy atom. The summed E-state index contributed by atoms with van der Waals surface area (Å²) >= 11 is 0. The van der Waals surface area contributed by atoms with Crippen molar-refractivity contribution in [2.75, 3.05) is 0 Å². The van der Waals surface area contributed by atoms with Gasteiger partial charge in [0.25, 0.3) is 0 Å². The number of para-hydroxylation sites is 1. The van der Waals surface area contributed by atoms with Crippen LogP contribution in [0.5, 0.6) is 0 Å². The molecule has 28 heavy (non-hydrogen) atoms. The van der Waals surface area contributed by atoms with Crippen molar-refractivity contribution in [1.29, 1.82) is 0 Å². The predicted octanol–water partition coefficient (Wildman–Crippen LogP) is -1.01. The van der Waals surface area contributed by atoms with E-state index >= 15 is 0 Å². The van der Waals surface area contributed by atoms with Crippen LogP contribution >= 0.6 is 0 Å². The molecule has 0 bridgehead atoms. The number of nitrogens with two attached hydrogens (primary N) is 2. The van der Waals surface area contributed by atoms with Gasteiger partial charge in [-0.25, -0.2) is 4.79 Å². The number of hydrogen-bond donors (Lipinski definition) is 6. The summed E-state index contributed by atoms with van der Waals surface area (Å²) in [4.78, 5) is 50.1. The fourth-order valence-electron chi connectivity index (χ4n) is 2.71. The molecular weight excluding hydrogens is 366 g/mol. The molecule has 0 fully saturated rings. The van der Waals surface area contributed by atoms with Crippen molar-refractivity contribution >= 4 is 34.6 Å². The van der Waals surface area contributed by atoms with E-state index in [1.165, 1.54) is 6.92 Å². The number of nitrogens with one attached hydrogen (secondary N) is 3. The zero-order valence-corrected chi connectivity index (χ0v) is 15.3. The topological polar surface area (TPSA) is 180 Å². The Morgan fingerprint density at radius 2 is 1.75 bits per heavy atom. The summed E-state index contributed by atoms with van der Waals surface area (Å²) in [5, 5.41) is 14.8. The highest BCUT2D eigenvalue weighted by molar-refractivity contribution is 5.94. The number of aliphatic carboxylic acids is 1. The first-order valence-electron chi connectivity index (χ1n) is 8.61. The number of hydrogen-bond acceptors (Lipinski definition) is 5. The van der Waals surface area contributed by atoms with E-state index in [4.69, 9.17) is 11.5 Å². The third-order valence-corrected chi connectivity index (χ3v) is 4.17. The van der Waals surface area contributed by atoms with Gasteiger partial charge in [-0.2, -0.15) is 0 Å². The first-order chi connectivity index (χ1) is 13.2. The van der Waals surface area contributed by atoms with Crippen molar-refractivity contribution in [2.45, 2.75) is 37.9 Å². The molecule has 0 spiro atoms. The van der Waals surface area contributed by atoms with Crippen LogP contribution in [-0.2, 0) is 25.6 Å². The van der Waals surface area contributed by atoms with Crippen LogP contribution in [-0.4, -0.2) is 51.9 Å². The molecule has 150 valence electrons. The normalized spacial score (nSPS) is 14.1. The van der Waals surface area contributed by atoms with Crippen LogP contribution in [0, 0.1) is 0 Å². The molecule has 0 aliphatic heterocycles. The quantitative estimate of drug-likeness (QED) is 0.319. The first-order valence-corrected chi connectivity index (χ1v) is 8.61. The molecule has 2 rings (SSSR count). The molecule has 0 saturated heterocycles. The van der Waals surface area contributed by atoms with Gasteiger partial charge in [0, 0.05) is 23.5 Å². The predicted molar refractivity (Wildman–Crippen MR) is 101 cm³/mol. The summed E-state index contributed by atoms with van der Waals surface area (Å²) in [5.74, 6) is -3.60. The number of amides is 3. The smallest absolute Gasteiger partial charge is 0.326 e. The lowest BCUT2D eigenvalue weighted by atomic mass is 10.0. The summed E-state index contributed by atoms with van der Waals surface area (Å²) in [6.07, 6.45) is 1.24. The van der Waals surface area contributed by atoms with Crippen LogP contribution < -0.4 is 22.1 Å². The van der Waals surface area contributed by atoms with E-state index in [-0.39, 0.29) is 6.42 Å². The Labute approximate surface area is 160 Å². The highest BCUT2D eigenvalue weighted by Gasteiger charge is 2.29. The number of carbonyl (C=O) groups is 4. The van der Waals surface area contributed by atoms with Crippen LogP contribution in [0.25, 0.3) is 10.9 Å². The second-order valence-electron chi connectivity index (χ2n) is 6.48. The molecule has 3 amide bonds. The van der Waals surface area contributed by atoms with Gasteiger partial charge in [-0.3, -0.25) is 14.4 Å². The van der Waals surface area contributed by atoms with Gasteiger partial charge in [0.05, 0.1) is 12.5 Å². The zero-order chi connectivity index (χ0) is 20.8. The van der Waals surface area contributed by atoms with Gasteiger partial charge in [0.1, 0.15) is 12.1 Å². The lowest BCUT2D eigenvalue weighted by molar-refractivity contribution is -0.143. The van der Waals surface area contributed by atoms with Crippen molar-refractivity contribution in [1.82, 2.24) is 15.6 Å².